The zero-order chi connectivity index (χ0) is 29.8. The van der Waals surface area contributed by atoms with E-state index in [0.29, 0.717) is 30.4 Å². The van der Waals surface area contributed by atoms with Crippen molar-refractivity contribution < 1.29 is 32.5 Å². The number of anilines is 1. The van der Waals surface area contributed by atoms with Crippen LogP contribution in [0.5, 0.6) is 5.75 Å². The normalized spacial score (nSPS) is 14.9. The highest BCUT2D eigenvalue weighted by Gasteiger charge is 2.35. The minimum atomic E-state index is -4.56. The molecular formula is C29H37F3N4O4Si. The zero-order valence-corrected chi connectivity index (χ0v) is 24.9. The first-order valence-corrected chi connectivity index (χ1v) is 17.4. The highest BCUT2D eigenvalue weighted by molar-refractivity contribution is 6.76. The van der Waals surface area contributed by atoms with Crippen LogP contribution in [0.15, 0.2) is 42.7 Å². The summed E-state index contributed by atoms with van der Waals surface area (Å²) in [7, 11) is -1.32. The number of alkyl halides is 3. The zero-order valence-electron chi connectivity index (χ0n) is 23.9. The van der Waals surface area contributed by atoms with Crippen LogP contribution in [0.1, 0.15) is 34.5 Å². The van der Waals surface area contributed by atoms with Crippen molar-refractivity contribution in [3.63, 3.8) is 0 Å². The van der Waals surface area contributed by atoms with E-state index in [-0.39, 0.29) is 18.1 Å². The first kappa shape index (κ1) is 30.6. The number of carboxylic acid groups (broad SMARTS) is 1. The standard InChI is InChI=1S/C29H37F3N4O4Si/c1-20-5-6-22(28(37)38)15-24(20)40-18-21-9-11-35(12-10-21)26-8-7-23(16-33-26)27-34-25(29(30,31)32)17-36(27)19-39-13-14-41(2,3)4/h5-8,15-17,21H,9-14,18-19H2,1-4H3,(H,37,38). The quantitative estimate of drug-likeness (QED) is 0.199. The number of aryl methyl sites for hydroxylation is 1. The van der Waals surface area contributed by atoms with E-state index in [1.807, 2.05) is 13.0 Å². The molecule has 0 unspecified atom stereocenters. The van der Waals surface area contributed by atoms with Crippen molar-refractivity contribution in [3.8, 4) is 17.1 Å². The molecule has 2 aromatic heterocycles. The van der Waals surface area contributed by atoms with E-state index in [1.165, 1.54) is 4.57 Å². The van der Waals surface area contributed by atoms with Crippen LogP contribution in [-0.2, 0) is 17.6 Å². The van der Waals surface area contributed by atoms with Gasteiger partial charge in [0.1, 0.15) is 24.1 Å². The molecule has 0 atom stereocenters. The van der Waals surface area contributed by atoms with E-state index in [0.717, 1.165) is 49.6 Å². The van der Waals surface area contributed by atoms with E-state index in [4.69, 9.17) is 9.47 Å². The first-order chi connectivity index (χ1) is 19.3. The highest BCUT2D eigenvalue weighted by atomic mass is 28.3. The van der Waals surface area contributed by atoms with Crippen LogP contribution in [0.3, 0.4) is 0 Å². The molecule has 1 fully saturated rings. The molecule has 0 spiro atoms. The lowest BCUT2D eigenvalue weighted by Crippen LogP contribution is -2.36. The number of halogens is 3. The number of ether oxygens (including phenoxy) is 2. The van der Waals surface area contributed by atoms with E-state index < -0.39 is 25.9 Å². The topological polar surface area (TPSA) is 89.7 Å². The molecule has 222 valence electrons. The largest absolute Gasteiger partial charge is 0.493 e. The molecular weight excluding hydrogens is 553 g/mol. The average molecular weight is 591 g/mol. The predicted octanol–water partition coefficient (Wildman–Crippen LogP) is 6.58. The Balaban J connectivity index is 1.36. The van der Waals surface area contributed by atoms with E-state index >= 15 is 0 Å². The van der Waals surface area contributed by atoms with Gasteiger partial charge in [-0.15, -0.1) is 0 Å². The number of hydrogen-bond donors (Lipinski definition) is 1. The van der Waals surface area contributed by atoms with Gasteiger partial charge in [-0.3, -0.25) is 0 Å². The summed E-state index contributed by atoms with van der Waals surface area (Å²) in [5.74, 6) is 0.823. The minimum absolute atomic E-state index is 0.0135. The van der Waals surface area contributed by atoms with Gasteiger partial charge >= 0.3 is 12.1 Å². The molecule has 4 rings (SSSR count). The minimum Gasteiger partial charge on any atom is -0.493 e. The SMILES string of the molecule is Cc1ccc(C(=O)O)cc1OCC1CCN(c2ccc(-c3nc(C(F)(F)F)cn3COCC[Si](C)(C)C)cn2)CC1. The Morgan fingerprint density at radius 2 is 1.88 bits per heavy atom. The van der Waals surface area contributed by atoms with Crippen LogP contribution in [0, 0.1) is 12.8 Å². The van der Waals surface area contributed by atoms with Gasteiger partial charge in [-0.25, -0.2) is 14.8 Å². The molecule has 8 nitrogen and oxygen atoms in total. The molecule has 1 saturated heterocycles. The van der Waals surface area contributed by atoms with E-state index in [1.54, 1.807) is 30.5 Å². The number of rotatable bonds is 11. The summed E-state index contributed by atoms with van der Waals surface area (Å²) < 4.78 is 53.4. The molecule has 0 amide bonds. The molecule has 1 aromatic carbocycles. The second-order valence-corrected chi connectivity index (χ2v) is 17.3. The fourth-order valence-electron chi connectivity index (χ4n) is 4.55. The molecule has 0 saturated carbocycles. The van der Waals surface area contributed by atoms with Crippen LogP contribution in [0.4, 0.5) is 19.0 Å². The number of carbonyl (C=O) groups is 1. The Morgan fingerprint density at radius 1 is 1.15 bits per heavy atom. The smallest absolute Gasteiger partial charge is 0.434 e. The number of aromatic nitrogens is 3. The van der Waals surface area contributed by atoms with Gasteiger partial charge in [-0.05, 0) is 61.6 Å². The Bertz CT molecular complexity index is 1330. The molecule has 12 heteroatoms. The lowest BCUT2D eigenvalue weighted by atomic mass is 9.97. The van der Waals surface area contributed by atoms with Gasteiger partial charge < -0.3 is 24.0 Å². The third kappa shape index (κ3) is 8.32. The number of nitrogens with zero attached hydrogens (tertiary/aromatic N) is 4. The van der Waals surface area contributed by atoms with Crippen LogP contribution in [-0.4, -0.2) is 60.0 Å². The second-order valence-electron chi connectivity index (χ2n) is 11.7. The maximum absolute atomic E-state index is 13.4. The van der Waals surface area contributed by atoms with Gasteiger partial charge in [0.25, 0.3) is 0 Å². The third-order valence-electron chi connectivity index (χ3n) is 7.15. The Labute approximate surface area is 239 Å². The molecule has 1 N–H and O–H groups in total. The lowest BCUT2D eigenvalue weighted by molar-refractivity contribution is -0.141. The van der Waals surface area contributed by atoms with Crippen molar-refractivity contribution in [2.24, 2.45) is 5.92 Å². The van der Waals surface area contributed by atoms with Crippen molar-refractivity contribution >= 4 is 19.9 Å². The Kier molecular flexibility index (Phi) is 9.43. The van der Waals surface area contributed by atoms with Gasteiger partial charge in [0, 0.05) is 45.7 Å². The summed E-state index contributed by atoms with van der Waals surface area (Å²) in [5.41, 5.74) is 0.610. The lowest BCUT2D eigenvalue weighted by Gasteiger charge is -2.32. The van der Waals surface area contributed by atoms with Crippen LogP contribution in [0.25, 0.3) is 11.4 Å². The number of hydrogen-bond acceptors (Lipinski definition) is 6. The van der Waals surface area contributed by atoms with Crippen molar-refractivity contribution in [2.75, 3.05) is 31.2 Å². The summed E-state index contributed by atoms with van der Waals surface area (Å²) in [6.07, 6.45) is -0.268. The number of pyridine rings is 1. The van der Waals surface area contributed by atoms with E-state index in [2.05, 4.69) is 34.5 Å². The number of imidazole rings is 1. The van der Waals surface area contributed by atoms with Gasteiger partial charge in [-0.2, -0.15) is 13.2 Å². The molecule has 3 heterocycles. The van der Waals surface area contributed by atoms with Crippen molar-refractivity contribution in [1.29, 1.82) is 0 Å². The molecule has 0 aliphatic carbocycles. The Hall–Kier alpha value is -3.38. The summed E-state index contributed by atoms with van der Waals surface area (Å²) in [6.45, 7) is 11.0. The van der Waals surface area contributed by atoms with Crippen LogP contribution in [0.2, 0.25) is 25.7 Å². The monoisotopic (exact) mass is 590 g/mol. The highest BCUT2D eigenvalue weighted by Crippen LogP contribution is 2.32. The molecule has 0 radical (unpaired) electrons. The van der Waals surface area contributed by atoms with Crippen molar-refractivity contribution in [2.45, 2.75) is 58.4 Å². The summed E-state index contributed by atoms with van der Waals surface area (Å²) in [4.78, 5) is 21.8. The predicted molar refractivity (Wildman–Crippen MR) is 153 cm³/mol. The van der Waals surface area contributed by atoms with Crippen molar-refractivity contribution in [3.05, 3.63) is 59.5 Å². The molecule has 3 aromatic rings. The number of benzene rings is 1. The van der Waals surface area contributed by atoms with Gasteiger partial charge in [-0.1, -0.05) is 25.7 Å². The van der Waals surface area contributed by atoms with Gasteiger partial charge in [0.2, 0.25) is 0 Å². The van der Waals surface area contributed by atoms with Crippen LogP contribution >= 0.6 is 0 Å². The van der Waals surface area contributed by atoms with Crippen molar-refractivity contribution in [1.82, 2.24) is 14.5 Å². The molecule has 0 bridgehead atoms. The Morgan fingerprint density at radius 3 is 2.49 bits per heavy atom. The molecule has 1 aliphatic rings. The van der Waals surface area contributed by atoms with E-state index in [9.17, 15) is 23.1 Å². The fourth-order valence-corrected chi connectivity index (χ4v) is 5.31. The summed E-state index contributed by atoms with van der Waals surface area (Å²) in [5, 5.41) is 9.23. The number of aromatic carboxylic acids is 1. The summed E-state index contributed by atoms with van der Waals surface area (Å²) >= 11 is 0. The van der Waals surface area contributed by atoms with Crippen LogP contribution < -0.4 is 9.64 Å². The maximum atomic E-state index is 13.4. The number of piperidine rings is 1. The fraction of sp³-hybridized carbons (Fsp3) is 0.483. The number of carboxylic acids is 1. The molecule has 1 aliphatic heterocycles. The first-order valence-electron chi connectivity index (χ1n) is 13.7. The van der Waals surface area contributed by atoms with Gasteiger partial charge in [0.15, 0.2) is 5.69 Å². The average Bonchev–Trinajstić information content (AvgIpc) is 3.35. The second kappa shape index (κ2) is 12.6. The molecule has 41 heavy (non-hydrogen) atoms. The third-order valence-corrected chi connectivity index (χ3v) is 8.85. The maximum Gasteiger partial charge on any atom is 0.434 e. The summed E-state index contributed by atoms with van der Waals surface area (Å²) in [6, 6.07) is 9.34. The van der Waals surface area contributed by atoms with Gasteiger partial charge in [0.05, 0.1) is 12.2 Å².